The van der Waals surface area contributed by atoms with Gasteiger partial charge in [0.1, 0.15) is 0 Å². The highest BCUT2D eigenvalue weighted by molar-refractivity contribution is 7.99. The SMILES string of the molecule is CCn1ccnc(SCCO)c1=O. The maximum absolute atomic E-state index is 11.5. The lowest BCUT2D eigenvalue weighted by molar-refractivity contribution is 0.322. The Labute approximate surface area is 80.6 Å². The van der Waals surface area contributed by atoms with Crippen molar-refractivity contribution >= 4 is 11.8 Å². The average Bonchev–Trinajstić information content (AvgIpc) is 2.16. The molecule has 0 bridgehead atoms. The molecule has 0 aliphatic rings. The molecule has 0 spiro atoms. The third-order valence-corrected chi connectivity index (χ3v) is 2.49. The quantitative estimate of drug-likeness (QED) is 0.712. The van der Waals surface area contributed by atoms with E-state index in [0.717, 1.165) is 0 Å². The standard InChI is InChI=1S/C8H12N2O2S/c1-2-10-4-3-9-7(8(10)12)13-6-5-11/h3-4,11H,2,5-6H2,1H3. The van der Waals surface area contributed by atoms with Crippen molar-refractivity contribution in [2.75, 3.05) is 12.4 Å². The van der Waals surface area contributed by atoms with Gasteiger partial charge in [0.05, 0.1) is 6.61 Å². The number of aromatic nitrogens is 2. The van der Waals surface area contributed by atoms with Crippen LogP contribution in [-0.2, 0) is 6.54 Å². The zero-order chi connectivity index (χ0) is 9.68. The van der Waals surface area contributed by atoms with Crippen LogP contribution in [-0.4, -0.2) is 27.0 Å². The highest BCUT2D eigenvalue weighted by atomic mass is 32.2. The lowest BCUT2D eigenvalue weighted by Crippen LogP contribution is -2.21. The summed E-state index contributed by atoms with van der Waals surface area (Å²) in [6.07, 6.45) is 3.26. The molecule has 72 valence electrons. The monoisotopic (exact) mass is 200 g/mol. The zero-order valence-corrected chi connectivity index (χ0v) is 8.25. The first-order valence-electron chi connectivity index (χ1n) is 4.08. The van der Waals surface area contributed by atoms with Crippen molar-refractivity contribution in [2.24, 2.45) is 0 Å². The Morgan fingerprint density at radius 1 is 1.69 bits per heavy atom. The van der Waals surface area contributed by atoms with Gasteiger partial charge in [0.25, 0.3) is 5.56 Å². The Balaban J connectivity index is 2.88. The maximum Gasteiger partial charge on any atom is 0.283 e. The van der Waals surface area contributed by atoms with Gasteiger partial charge >= 0.3 is 0 Å². The number of rotatable bonds is 4. The maximum atomic E-state index is 11.5. The molecule has 0 unspecified atom stereocenters. The molecule has 1 heterocycles. The number of thioether (sulfide) groups is 1. The third-order valence-electron chi connectivity index (χ3n) is 1.55. The molecule has 0 radical (unpaired) electrons. The lowest BCUT2D eigenvalue weighted by atomic mass is 10.6. The average molecular weight is 200 g/mol. The van der Waals surface area contributed by atoms with E-state index in [1.165, 1.54) is 11.8 Å². The molecule has 1 aromatic heterocycles. The van der Waals surface area contributed by atoms with Crippen LogP contribution in [0, 0.1) is 0 Å². The summed E-state index contributed by atoms with van der Waals surface area (Å²) in [4.78, 5) is 15.4. The first kappa shape index (κ1) is 10.3. The van der Waals surface area contributed by atoms with Gasteiger partial charge < -0.3 is 9.67 Å². The number of aliphatic hydroxyl groups excluding tert-OH is 1. The van der Waals surface area contributed by atoms with E-state index in [2.05, 4.69) is 4.98 Å². The molecular formula is C8H12N2O2S. The highest BCUT2D eigenvalue weighted by Crippen LogP contribution is 2.07. The summed E-state index contributed by atoms with van der Waals surface area (Å²) >= 11 is 1.28. The van der Waals surface area contributed by atoms with Gasteiger partial charge in [0.2, 0.25) is 0 Å². The van der Waals surface area contributed by atoms with Gasteiger partial charge in [-0.2, -0.15) is 0 Å². The van der Waals surface area contributed by atoms with E-state index in [1.54, 1.807) is 17.0 Å². The number of hydrogen-bond donors (Lipinski definition) is 1. The summed E-state index contributed by atoms with van der Waals surface area (Å²) in [5.74, 6) is 0.510. The van der Waals surface area contributed by atoms with Crippen LogP contribution < -0.4 is 5.56 Å². The van der Waals surface area contributed by atoms with E-state index in [-0.39, 0.29) is 12.2 Å². The minimum absolute atomic E-state index is 0.0623. The van der Waals surface area contributed by atoms with Crippen LogP contribution in [0.15, 0.2) is 22.2 Å². The van der Waals surface area contributed by atoms with E-state index in [4.69, 9.17) is 5.11 Å². The van der Waals surface area contributed by atoms with Crippen molar-refractivity contribution in [2.45, 2.75) is 18.5 Å². The Bertz CT molecular complexity index is 324. The number of aryl methyl sites for hydroxylation is 1. The molecular weight excluding hydrogens is 188 g/mol. The second kappa shape index (κ2) is 5.04. The van der Waals surface area contributed by atoms with Crippen molar-refractivity contribution in [3.63, 3.8) is 0 Å². The molecule has 0 saturated carbocycles. The van der Waals surface area contributed by atoms with Gasteiger partial charge in [-0.05, 0) is 6.92 Å². The minimum atomic E-state index is -0.0801. The Morgan fingerprint density at radius 2 is 2.46 bits per heavy atom. The fourth-order valence-corrected chi connectivity index (χ4v) is 1.58. The predicted molar refractivity (Wildman–Crippen MR) is 52.0 cm³/mol. The van der Waals surface area contributed by atoms with Crippen LogP contribution in [0.5, 0.6) is 0 Å². The minimum Gasteiger partial charge on any atom is -0.396 e. The van der Waals surface area contributed by atoms with Gasteiger partial charge in [-0.25, -0.2) is 4.98 Å². The summed E-state index contributed by atoms with van der Waals surface area (Å²) < 4.78 is 1.59. The first-order chi connectivity index (χ1) is 6.29. The van der Waals surface area contributed by atoms with Crippen LogP contribution in [0.2, 0.25) is 0 Å². The molecule has 0 atom stereocenters. The second-order valence-electron chi connectivity index (χ2n) is 2.40. The van der Waals surface area contributed by atoms with Gasteiger partial charge in [-0.15, -0.1) is 0 Å². The van der Waals surface area contributed by atoms with E-state index in [9.17, 15) is 4.79 Å². The largest absolute Gasteiger partial charge is 0.396 e. The molecule has 0 aliphatic carbocycles. The van der Waals surface area contributed by atoms with E-state index >= 15 is 0 Å². The Hall–Kier alpha value is -0.810. The van der Waals surface area contributed by atoms with Crippen LogP contribution in [0.25, 0.3) is 0 Å². The smallest absolute Gasteiger partial charge is 0.283 e. The van der Waals surface area contributed by atoms with Gasteiger partial charge in [-0.3, -0.25) is 4.79 Å². The summed E-state index contributed by atoms with van der Waals surface area (Å²) in [6, 6.07) is 0. The zero-order valence-electron chi connectivity index (χ0n) is 7.43. The molecule has 1 aromatic rings. The van der Waals surface area contributed by atoms with Gasteiger partial charge in [0, 0.05) is 24.7 Å². The Kier molecular flexibility index (Phi) is 3.98. The normalized spacial score (nSPS) is 10.3. The predicted octanol–water partition coefficient (Wildman–Crippen LogP) is 0.348. The summed E-state index contributed by atoms with van der Waals surface area (Å²) in [5.41, 5.74) is -0.0801. The topological polar surface area (TPSA) is 55.1 Å². The number of hydrogen-bond acceptors (Lipinski definition) is 4. The van der Waals surface area contributed by atoms with E-state index < -0.39 is 0 Å². The van der Waals surface area contributed by atoms with Crippen molar-refractivity contribution in [3.8, 4) is 0 Å². The van der Waals surface area contributed by atoms with Crippen LogP contribution >= 0.6 is 11.8 Å². The molecule has 1 rings (SSSR count). The van der Waals surface area contributed by atoms with Crippen molar-refractivity contribution in [3.05, 3.63) is 22.7 Å². The molecule has 13 heavy (non-hydrogen) atoms. The molecule has 1 N–H and O–H groups in total. The fraction of sp³-hybridized carbons (Fsp3) is 0.500. The second-order valence-corrected chi connectivity index (χ2v) is 3.48. The molecule has 0 saturated heterocycles. The lowest BCUT2D eigenvalue weighted by Gasteiger charge is -2.02. The van der Waals surface area contributed by atoms with Crippen LogP contribution in [0.1, 0.15) is 6.92 Å². The summed E-state index contributed by atoms with van der Waals surface area (Å²) in [5, 5.41) is 9.04. The molecule has 5 heteroatoms. The summed E-state index contributed by atoms with van der Waals surface area (Å²) in [7, 11) is 0. The fourth-order valence-electron chi connectivity index (χ4n) is 0.918. The third kappa shape index (κ3) is 2.57. The number of aliphatic hydroxyl groups is 1. The highest BCUT2D eigenvalue weighted by Gasteiger charge is 2.02. The molecule has 0 fully saturated rings. The van der Waals surface area contributed by atoms with Gasteiger partial charge in [0.15, 0.2) is 5.03 Å². The molecule has 0 aliphatic heterocycles. The first-order valence-corrected chi connectivity index (χ1v) is 5.07. The van der Waals surface area contributed by atoms with Crippen molar-refractivity contribution < 1.29 is 5.11 Å². The van der Waals surface area contributed by atoms with Gasteiger partial charge in [-0.1, -0.05) is 11.8 Å². The summed E-state index contributed by atoms with van der Waals surface area (Å²) in [6.45, 7) is 2.61. The van der Waals surface area contributed by atoms with E-state index in [0.29, 0.717) is 17.3 Å². The van der Waals surface area contributed by atoms with E-state index in [1.807, 2.05) is 6.92 Å². The molecule has 0 aromatic carbocycles. The molecule has 4 nitrogen and oxygen atoms in total. The Morgan fingerprint density at radius 3 is 3.08 bits per heavy atom. The van der Waals surface area contributed by atoms with Crippen LogP contribution in [0.3, 0.4) is 0 Å². The van der Waals surface area contributed by atoms with Crippen molar-refractivity contribution in [1.29, 1.82) is 0 Å². The van der Waals surface area contributed by atoms with Crippen LogP contribution in [0.4, 0.5) is 0 Å². The van der Waals surface area contributed by atoms with Crippen molar-refractivity contribution in [1.82, 2.24) is 9.55 Å². The molecule has 0 amide bonds. The number of nitrogens with zero attached hydrogens (tertiary/aromatic N) is 2.